The van der Waals surface area contributed by atoms with Crippen molar-refractivity contribution in [2.75, 3.05) is 6.54 Å². The first-order chi connectivity index (χ1) is 8.18. The number of nitrogens with zero attached hydrogens (tertiary/aromatic N) is 1. The summed E-state index contributed by atoms with van der Waals surface area (Å²) in [6, 6.07) is 6.36. The first kappa shape index (κ1) is 14.7. The topological polar surface area (TPSA) is 40.5 Å². The molecule has 1 N–H and O–H groups in total. The van der Waals surface area contributed by atoms with Gasteiger partial charge in [0.25, 0.3) is 0 Å². The molecule has 0 amide bonds. The van der Waals surface area contributed by atoms with E-state index in [1.165, 1.54) is 16.7 Å². The maximum Gasteiger partial charge on any atom is 0.317 e. The van der Waals surface area contributed by atoms with E-state index in [2.05, 4.69) is 32.0 Å². The van der Waals surface area contributed by atoms with E-state index in [-0.39, 0.29) is 12.1 Å². The summed E-state index contributed by atoms with van der Waals surface area (Å²) in [6.45, 7) is 11.0. The monoisotopic (exact) mass is 249 g/mol. The molecule has 0 fully saturated rings. The van der Waals surface area contributed by atoms with E-state index in [0.717, 1.165) is 0 Å². The average molecular weight is 249 g/mol. The maximum atomic E-state index is 10.9. The van der Waals surface area contributed by atoms with E-state index >= 15 is 0 Å². The number of carbonyl (C=O) groups is 1. The van der Waals surface area contributed by atoms with Gasteiger partial charge in [0.15, 0.2) is 0 Å². The summed E-state index contributed by atoms with van der Waals surface area (Å²) >= 11 is 0. The Morgan fingerprint density at radius 1 is 1.17 bits per heavy atom. The fourth-order valence-electron chi connectivity index (χ4n) is 2.07. The Morgan fingerprint density at radius 2 is 1.67 bits per heavy atom. The largest absolute Gasteiger partial charge is 0.480 e. The molecular weight excluding hydrogens is 226 g/mol. The molecule has 0 aromatic heterocycles. The number of hydrogen-bond acceptors (Lipinski definition) is 2. The summed E-state index contributed by atoms with van der Waals surface area (Å²) in [5.74, 6) is -0.783. The van der Waals surface area contributed by atoms with Gasteiger partial charge < -0.3 is 5.11 Å². The molecule has 0 saturated heterocycles. The highest BCUT2D eigenvalue weighted by atomic mass is 16.4. The first-order valence-electron chi connectivity index (χ1n) is 6.22. The van der Waals surface area contributed by atoms with E-state index in [1.807, 2.05) is 25.7 Å². The van der Waals surface area contributed by atoms with Crippen LogP contribution in [0.1, 0.15) is 37.5 Å². The predicted molar refractivity (Wildman–Crippen MR) is 73.7 cm³/mol. The minimum atomic E-state index is -0.783. The summed E-state index contributed by atoms with van der Waals surface area (Å²) in [5, 5.41) is 8.99. The fourth-order valence-corrected chi connectivity index (χ4v) is 2.07. The van der Waals surface area contributed by atoms with Gasteiger partial charge >= 0.3 is 5.97 Å². The second-order valence-electron chi connectivity index (χ2n) is 5.92. The third-order valence-electron chi connectivity index (χ3n) is 2.93. The van der Waals surface area contributed by atoms with Crippen LogP contribution < -0.4 is 0 Å². The average Bonchev–Trinajstić information content (AvgIpc) is 2.12. The van der Waals surface area contributed by atoms with Gasteiger partial charge in [-0.05, 0) is 40.2 Å². The quantitative estimate of drug-likeness (QED) is 0.891. The molecule has 1 rings (SSSR count). The lowest BCUT2D eigenvalue weighted by molar-refractivity contribution is -0.139. The van der Waals surface area contributed by atoms with Crippen LogP contribution in [0.4, 0.5) is 0 Å². The zero-order chi connectivity index (χ0) is 13.9. The normalized spacial score (nSPS) is 11.9. The van der Waals surface area contributed by atoms with Crippen molar-refractivity contribution in [1.29, 1.82) is 0 Å². The van der Waals surface area contributed by atoms with Crippen molar-refractivity contribution < 1.29 is 9.90 Å². The molecule has 0 unspecified atom stereocenters. The van der Waals surface area contributed by atoms with Crippen molar-refractivity contribution in [1.82, 2.24) is 4.90 Å². The Labute approximate surface area is 109 Å². The zero-order valence-corrected chi connectivity index (χ0v) is 11.9. The standard InChI is InChI=1S/C15H23NO2/c1-11-6-12(2)8-13(7-11)9-16(10-14(17)18)15(3,4)5/h6-8H,9-10H2,1-5H3,(H,17,18). The second-order valence-corrected chi connectivity index (χ2v) is 5.92. The number of carboxylic acids is 1. The highest BCUT2D eigenvalue weighted by Gasteiger charge is 2.23. The van der Waals surface area contributed by atoms with Crippen LogP contribution in [0.15, 0.2) is 18.2 Å². The van der Waals surface area contributed by atoms with E-state index in [9.17, 15) is 4.79 Å². The van der Waals surface area contributed by atoms with Crippen molar-refractivity contribution in [3.63, 3.8) is 0 Å². The van der Waals surface area contributed by atoms with Crippen LogP contribution in [0, 0.1) is 13.8 Å². The van der Waals surface area contributed by atoms with Crippen LogP contribution in [0.2, 0.25) is 0 Å². The Morgan fingerprint density at radius 3 is 2.06 bits per heavy atom. The summed E-state index contributed by atoms with van der Waals surface area (Å²) in [6.07, 6.45) is 0. The minimum Gasteiger partial charge on any atom is -0.480 e. The molecule has 100 valence electrons. The van der Waals surface area contributed by atoms with Crippen molar-refractivity contribution in [2.24, 2.45) is 0 Å². The predicted octanol–water partition coefficient (Wildman–Crippen LogP) is 2.99. The Hall–Kier alpha value is -1.35. The Kier molecular flexibility index (Phi) is 4.52. The highest BCUT2D eigenvalue weighted by Crippen LogP contribution is 2.18. The van der Waals surface area contributed by atoms with Crippen molar-refractivity contribution in [3.05, 3.63) is 34.9 Å². The van der Waals surface area contributed by atoms with Crippen molar-refractivity contribution in [2.45, 2.75) is 46.7 Å². The lowest BCUT2D eigenvalue weighted by Gasteiger charge is -2.34. The Balaban J connectivity index is 2.92. The molecule has 0 aliphatic rings. The molecule has 0 spiro atoms. The molecular formula is C15H23NO2. The summed E-state index contributed by atoms with van der Waals surface area (Å²) in [4.78, 5) is 12.9. The van der Waals surface area contributed by atoms with Gasteiger partial charge in [-0.3, -0.25) is 9.69 Å². The highest BCUT2D eigenvalue weighted by molar-refractivity contribution is 5.69. The van der Waals surface area contributed by atoms with Gasteiger partial charge in [0, 0.05) is 12.1 Å². The molecule has 0 heterocycles. The van der Waals surface area contributed by atoms with Gasteiger partial charge in [0.05, 0.1) is 6.54 Å². The van der Waals surface area contributed by atoms with Gasteiger partial charge in [-0.25, -0.2) is 0 Å². The molecule has 1 aromatic carbocycles. The van der Waals surface area contributed by atoms with Crippen LogP contribution >= 0.6 is 0 Å². The summed E-state index contributed by atoms with van der Waals surface area (Å²) < 4.78 is 0. The molecule has 0 aliphatic carbocycles. The van der Waals surface area contributed by atoms with E-state index in [0.29, 0.717) is 6.54 Å². The number of aliphatic carboxylic acids is 1. The van der Waals surface area contributed by atoms with Gasteiger partial charge in [-0.15, -0.1) is 0 Å². The number of hydrogen-bond donors (Lipinski definition) is 1. The number of aryl methyl sites for hydroxylation is 2. The fraction of sp³-hybridized carbons (Fsp3) is 0.533. The zero-order valence-electron chi connectivity index (χ0n) is 11.9. The second kappa shape index (κ2) is 5.53. The summed E-state index contributed by atoms with van der Waals surface area (Å²) in [5.41, 5.74) is 3.45. The molecule has 0 bridgehead atoms. The van der Waals surface area contributed by atoms with Crippen LogP contribution in [0.3, 0.4) is 0 Å². The third-order valence-corrected chi connectivity index (χ3v) is 2.93. The molecule has 18 heavy (non-hydrogen) atoms. The maximum absolute atomic E-state index is 10.9. The van der Waals surface area contributed by atoms with Gasteiger partial charge in [-0.1, -0.05) is 29.3 Å². The van der Waals surface area contributed by atoms with Crippen molar-refractivity contribution >= 4 is 5.97 Å². The van der Waals surface area contributed by atoms with Crippen molar-refractivity contribution in [3.8, 4) is 0 Å². The molecule has 0 radical (unpaired) electrons. The molecule has 0 atom stereocenters. The van der Waals surface area contributed by atoms with E-state index in [1.54, 1.807) is 0 Å². The minimum absolute atomic E-state index is 0.0660. The molecule has 1 aromatic rings. The van der Waals surface area contributed by atoms with Crippen LogP contribution in [-0.4, -0.2) is 28.1 Å². The number of benzene rings is 1. The van der Waals surface area contributed by atoms with Gasteiger partial charge in [0.2, 0.25) is 0 Å². The molecule has 3 nitrogen and oxygen atoms in total. The van der Waals surface area contributed by atoms with Gasteiger partial charge in [-0.2, -0.15) is 0 Å². The lowest BCUT2D eigenvalue weighted by atomic mass is 10.0. The number of carboxylic acid groups (broad SMARTS) is 1. The van der Waals surface area contributed by atoms with E-state index < -0.39 is 5.97 Å². The summed E-state index contributed by atoms with van der Waals surface area (Å²) in [7, 11) is 0. The Bertz CT molecular complexity index is 412. The molecule has 3 heteroatoms. The van der Waals surface area contributed by atoms with E-state index in [4.69, 9.17) is 5.11 Å². The first-order valence-corrected chi connectivity index (χ1v) is 6.22. The SMILES string of the molecule is Cc1cc(C)cc(CN(CC(=O)O)C(C)(C)C)c1. The number of rotatable bonds is 4. The smallest absolute Gasteiger partial charge is 0.317 e. The van der Waals surface area contributed by atoms with Crippen LogP contribution in [-0.2, 0) is 11.3 Å². The van der Waals surface area contributed by atoms with Crippen LogP contribution in [0.25, 0.3) is 0 Å². The van der Waals surface area contributed by atoms with Crippen LogP contribution in [0.5, 0.6) is 0 Å². The molecule has 0 aliphatic heterocycles. The third kappa shape index (κ3) is 4.49. The lowest BCUT2D eigenvalue weighted by Crippen LogP contribution is -2.43. The van der Waals surface area contributed by atoms with Gasteiger partial charge in [0.1, 0.15) is 0 Å². The molecule has 0 saturated carbocycles.